The second-order valence-electron chi connectivity index (χ2n) is 7.53. The molecule has 1 aromatic carbocycles. The second kappa shape index (κ2) is 12.1. The first-order valence-electron chi connectivity index (χ1n) is 10.1. The maximum Gasteiger partial charge on any atom is 0.220 e. The van der Waals surface area contributed by atoms with Gasteiger partial charge in [-0.1, -0.05) is 29.8 Å². The molecule has 7 nitrogen and oxygen atoms in total. The van der Waals surface area contributed by atoms with Gasteiger partial charge in [0.1, 0.15) is 5.82 Å². The molecule has 0 unspecified atom stereocenters. The standard InChI is InChI=1S/C22H29ClN6O.HI/c1-25-22(28(2)15-16-5-7-19(23)8-6-16)27-14-18-4-3-11-26-21(18)29-12-9-17(10-13-29)20(24)30;/h3-8,11,17H,9-10,12-15H2,1-2H3,(H2,24,30)(H,25,27);1H. The van der Waals surface area contributed by atoms with E-state index in [9.17, 15) is 4.79 Å². The first-order chi connectivity index (χ1) is 14.5. The molecule has 0 bridgehead atoms. The molecular weight excluding hydrogens is 527 g/mol. The molecule has 1 fully saturated rings. The Kier molecular flexibility index (Phi) is 9.83. The molecule has 1 aliphatic heterocycles. The molecule has 0 aliphatic carbocycles. The number of aliphatic imine (C=N–C) groups is 1. The van der Waals surface area contributed by atoms with E-state index in [-0.39, 0.29) is 35.8 Å². The molecule has 0 atom stereocenters. The molecule has 1 aromatic heterocycles. The molecule has 0 saturated carbocycles. The minimum Gasteiger partial charge on any atom is -0.369 e. The van der Waals surface area contributed by atoms with E-state index in [1.165, 1.54) is 0 Å². The lowest BCUT2D eigenvalue weighted by Crippen LogP contribution is -2.40. The van der Waals surface area contributed by atoms with Crippen LogP contribution in [0, 0.1) is 5.92 Å². The SMILES string of the molecule is CN=C(NCc1cccnc1N1CCC(C(N)=O)CC1)N(C)Cc1ccc(Cl)cc1.I. The number of aromatic nitrogens is 1. The van der Waals surface area contributed by atoms with Gasteiger partial charge in [0.2, 0.25) is 5.91 Å². The molecule has 2 heterocycles. The Hall–Kier alpha value is -2.07. The van der Waals surface area contributed by atoms with Gasteiger partial charge >= 0.3 is 0 Å². The molecule has 9 heteroatoms. The van der Waals surface area contributed by atoms with Crippen molar-refractivity contribution in [2.45, 2.75) is 25.9 Å². The summed E-state index contributed by atoms with van der Waals surface area (Å²) in [6, 6.07) is 11.8. The Balaban J connectivity index is 0.00000341. The van der Waals surface area contributed by atoms with E-state index in [0.29, 0.717) is 6.54 Å². The van der Waals surface area contributed by atoms with Gasteiger partial charge in [-0.05, 0) is 36.6 Å². The number of nitrogens with one attached hydrogen (secondary N) is 1. The van der Waals surface area contributed by atoms with E-state index < -0.39 is 0 Å². The molecule has 1 saturated heterocycles. The number of pyridine rings is 1. The number of piperidine rings is 1. The van der Waals surface area contributed by atoms with Crippen molar-refractivity contribution in [1.29, 1.82) is 0 Å². The lowest BCUT2D eigenvalue weighted by molar-refractivity contribution is -0.122. The van der Waals surface area contributed by atoms with Crippen molar-refractivity contribution < 1.29 is 4.79 Å². The Bertz CT molecular complexity index is 884. The van der Waals surface area contributed by atoms with Gasteiger partial charge in [-0.25, -0.2) is 4.98 Å². The summed E-state index contributed by atoms with van der Waals surface area (Å²) in [5.41, 5.74) is 7.71. The number of amides is 1. The highest BCUT2D eigenvalue weighted by Crippen LogP contribution is 2.24. The number of anilines is 1. The average Bonchev–Trinajstić information content (AvgIpc) is 2.76. The normalized spacial score (nSPS) is 14.7. The van der Waals surface area contributed by atoms with Crippen molar-refractivity contribution in [3.05, 3.63) is 58.7 Å². The predicted molar refractivity (Wildman–Crippen MR) is 137 cm³/mol. The summed E-state index contributed by atoms with van der Waals surface area (Å²) in [5.74, 6) is 1.51. The Labute approximate surface area is 206 Å². The highest BCUT2D eigenvalue weighted by atomic mass is 127. The molecule has 31 heavy (non-hydrogen) atoms. The van der Waals surface area contributed by atoms with Crippen LogP contribution in [0.5, 0.6) is 0 Å². The summed E-state index contributed by atoms with van der Waals surface area (Å²) in [4.78, 5) is 24.7. The zero-order valence-electron chi connectivity index (χ0n) is 17.9. The molecule has 1 amide bonds. The third kappa shape index (κ3) is 6.96. The van der Waals surface area contributed by atoms with Crippen LogP contribution < -0.4 is 16.0 Å². The summed E-state index contributed by atoms with van der Waals surface area (Å²) >= 11 is 5.98. The van der Waals surface area contributed by atoms with E-state index in [1.54, 1.807) is 13.2 Å². The van der Waals surface area contributed by atoms with Crippen molar-refractivity contribution >= 4 is 53.3 Å². The van der Waals surface area contributed by atoms with Gasteiger partial charge in [0.25, 0.3) is 0 Å². The lowest BCUT2D eigenvalue weighted by Gasteiger charge is -2.32. The Morgan fingerprint density at radius 3 is 2.58 bits per heavy atom. The van der Waals surface area contributed by atoms with E-state index in [0.717, 1.165) is 60.4 Å². The third-order valence-corrected chi connectivity index (χ3v) is 5.66. The number of hydrogen-bond donors (Lipinski definition) is 2. The fourth-order valence-corrected chi connectivity index (χ4v) is 3.85. The number of halogens is 2. The van der Waals surface area contributed by atoms with Crippen LogP contribution in [0.25, 0.3) is 0 Å². The minimum atomic E-state index is -0.204. The molecule has 0 spiro atoms. The van der Waals surface area contributed by atoms with Gasteiger partial charge in [-0.2, -0.15) is 0 Å². The van der Waals surface area contributed by atoms with Gasteiger partial charge < -0.3 is 20.9 Å². The number of nitrogens with zero attached hydrogens (tertiary/aromatic N) is 4. The number of benzene rings is 1. The third-order valence-electron chi connectivity index (χ3n) is 5.41. The Morgan fingerprint density at radius 2 is 1.97 bits per heavy atom. The van der Waals surface area contributed by atoms with Gasteiger partial charge in [0.15, 0.2) is 5.96 Å². The molecule has 168 valence electrons. The van der Waals surface area contributed by atoms with E-state index in [4.69, 9.17) is 17.3 Å². The molecular formula is C22H30ClIN6O. The van der Waals surface area contributed by atoms with Crippen molar-refractivity contribution in [2.24, 2.45) is 16.6 Å². The maximum atomic E-state index is 11.4. The fraction of sp³-hybridized carbons (Fsp3) is 0.409. The van der Waals surface area contributed by atoms with Crippen LogP contribution >= 0.6 is 35.6 Å². The topological polar surface area (TPSA) is 86.9 Å². The molecule has 0 radical (unpaired) electrons. The van der Waals surface area contributed by atoms with Gasteiger partial charge in [0.05, 0.1) is 0 Å². The predicted octanol–water partition coefficient (Wildman–Crippen LogP) is 3.26. The van der Waals surface area contributed by atoms with E-state index in [2.05, 4.69) is 31.2 Å². The average molecular weight is 557 g/mol. The van der Waals surface area contributed by atoms with Crippen LogP contribution in [0.2, 0.25) is 5.02 Å². The van der Waals surface area contributed by atoms with Crippen molar-refractivity contribution in [2.75, 3.05) is 32.1 Å². The quantitative estimate of drug-likeness (QED) is 0.324. The minimum absolute atomic E-state index is 0. The van der Waals surface area contributed by atoms with Crippen LogP contribution in [0.15, 0.2) is 47.6 Å². The molecule has 3 N–H and O–H groups in total. The summed E-state index contributed by atoms with van der Waals surface area (Å²) in [7, 11) is 3.78. The largest absolute Gasteiger partial charge is 0.369 e. The van der Waals surface area contributed by atoms with Crippen molar-refractivity contribution in [1.82, 2.24) is 15.2 Å². The number of rotatable bonds is 6. The number of carbonyl (C=O) groups is 1. The lowest BCUT2D eigenvalue weighted by atomic mass is 9.96. The van der Waals surface area contributed by atoms with Gasteiger partial charge in [0, 0.05) is 63.0 Å². The van der Waals surface area contributed by atoms with Crippen LogP contribution in [0.4, 0.5) is 5.82 Å². The maximum absolute atomic E-state index is 11.4. The van der Waals surface area contributed by atoms with Crippen LogP contribution in [-0.4, -0.2) is 48.9 Å². The summed E-state index contributed by atoms with van der Waals surface area (Å²) in [6.07, 6.45) is 3.34. The smallest absolute Gasteiger partial charge is 0.220 e. The number of hydrogen-bond acceptors (Lipinski definition) is 4. The van der Waals surface area contributed by atoms with Crippen LogP contribution in [-0.2, 0) is 17.9 Å². The van der Waals surface area contributed by atoms with Crippen molar-refractivity contribution in [3.63, 3.8) is 0 Å². The van der Waals surface area contributed by atoms with Gasteiger partial charge in [-0.15, -0.1) is 24.0 Å². The highest BCUT2D eigenvalue weighted by molar-refractivity contribution is 14.0. The number of primary amides is 1. The Morgan fingerprint density at radius 1 is 1.29 bits per heavy atom. The first kappa shape index (κ1) is 25.2. The fourth-order valence-electron chi connectivity index (χ4n) is 3.73. The second-order valence-corrected chi connectivity index (χ2v) is 7.97. The highest BCUT2D eigenvalue weighted by Gasteiger charge is 2.25. The number of nitrogens with two attached hydrogens (primary N) is 1. The van der Waals surface area contributed by atoms with Crippen LogP contribution in [0.3, 0.4) is 0 Å². The summed E-state index contributed by atoms with van der Waals surface area (Å²) < 4.78 is 0. The van der Waals surface area contributed by atoms with Crippen molar-refractivity contribution in [3.8, 4) is 0 Å². The van der Waals surface area contributed by atoms with E-state index >= 15 is 0 Å². The van der Waals surface area contributed by atoms with Crippen LogP contribution in [0.1, 0.15) is 24.0 Å². The zero-order chi connectivity index (χ0) is 21.5. The zero-order valence-corrected chi connectivity index (χ0v) is 21.0. The van der Waals surface area contributed by atoms with Gasteiger partial charge in [-0.3, -0.25) is 9.79 Å². The molecule has 1 aliphatic rings. The van der Waals surface area contributed by atoms with E-state index in [1.807, 2.05) is 37.4 Å². The summed E-state index contributed by atoms with van der Waals surface area (Å²) in [6.45, 7) is 2.89. The monoisotopic (exact) mass is 556 g/mol. The number of carbonyl (C=O) groups excluding carboxylic acids is 1. The number of guanidine groups is 1. The molecule has 3 rings (SSSR count). The first-order valence-corrected chi connectivity index (χ1v) is 10.5. The molecule has 2 aromatic rings. The summed E-state index contributed by atoms with van der Waals surface area (Å²) in [5, 5.41) is 4.16.